The fourth-order valence-electron chi connectivity index (χ4n) is 0.408. The molecule has 0 amide bonds. The molecule has 0 unspecified atom stereocenters. The molecule has 0 spiro atoms. The van der Waals surface area contributed by atoms with E-state index in [1.807, 2.05) is 0 Å². The smallest absolute Gasteiger partial charge is 0.302 e. The van der Waals surface area contributed by atoms with Crippen molar-refractivity contribution < 1.29 is 9.53 Å². The van der Waals surface area contributed by atoms with E-state index in [9.17, 15) is 9.59 Å². The predicted octanol–water partition coefficient (Wildman–Crippen LogP) is -0.871. The van der Waals surface area contributed by atoms with E-state index in [0.717, 1.165) is 6.20 Å². The van der Waals surface area contributed by atoms with E-state index >= 15 is 0 Å². The maximum atomic E-state index is 10.0. The van der Waals surface area contributed by atoms with Gasteiger partial charge in [0.15, 0.2) is 0 Å². The molecule has 0 saturated carbocycles. The molecular weight excluding hydrogens is 176 g/mol. The highest BCUT2D eigenvalue weighted by Crippen LogP contribution is 1.69. The van der Waals surface area contributed by atoms with E-state index < -0.39 is 0 Å². The van der Waals surface area contributed by atoms with Crippen LogP contribution in [-0.4, -0.2) is 33.2 Å². The summed E-state index contributed by atoms with van der Waals surface area (Å²) in [5, 5.41) is 11.4. The number of hydrogen-bond acceptors (Lipinski definition) is 6. The first kappa shape index (κ1) is 11.2. The first-order valence-electron chi connectivity index (χ1n) is 3.53. The monoisotopic (exact) mass is 186 g/mol. The Morgan fingerprint density at radius 2 is 2.38 bits per heavy atom. The minimum absolute atomic E-state index is 0.211. The molecule has 0 radical (unpaired) electrons. The number of esters is 1. The van der Waals surface area contributed by atoms with Gasteiger partial charge >= 0.3 is 5.97 Å². The van der Waals surface area contributed by atoms with E-state index in [1.165, 1.54) is 6.92 Å². The van der Waals surface area contributed by atoms with Gasteiger partial charge in [-0.25, -0.2) is 5.10 Å². The summed E-state index contributed by atoms with van der Waals surface area (Å²) in [6.07, 6.45) is 1.05. The minimum Gasteiger partial charge on any atom is -0.466 e. The Kier molecular flexibility index (Phi) is 5.94. The molecule has 0 atom stereocenters. The number of H-pyrrole nitrogens is 1. The third kappa shape index (κ3) is 8.11. The van der Waals surface area contributed by atoms with E-state index in [0.29, 0.717) is 6.61 Å². The lowest BCUT2D eigenvalue weighted by Crippen LogP contribution is -2.08. The van der Waals surface area contributed by atoms with E-state index in [4.69, 9.17) is 0 Å². The second kappa shape index (κ2) is 6.89. The SMILES string of the molecule is CCOC(C)=O.O=c1cnnn[nH]1. The van der Waals surface area contributed by atoms with Gasteiger partial charge in [-0.15, -0.1) is 5.10 Å². The highest BCUT2D eigenvalue weighted by molar-refractivity contribution is 5.65. The molecule has 1 aromatic rings. The third-order valence-corrected chi connectivity index (χ3v) is 0.779. The second-order valence-electron chi connectivity index (χ2n) is 1.83. The first-order valence-corrected chi connectivity index (χ1v) is 3.53. The van der Waals surface area contributed by atoms with E-state index in [1.54, 1.807) is 6.92 Å². The molecular formula is C6H10N4O3. The van der Waals surface area contributed by atoms with Crippen LogP contribution in [0.4, 0.5) is 0 Å². The molecule has 1 rings (SSSR count). The molecule has 1 aromatic heterocycles. The second-order valence-corrected chi connectivity index (χ2v) is 1.83. The minimum atomic E-state index is -0.338. The Labute approximate surface area is 74.1 Å². The van der Waals surface area contributed by atoms with Gasteiger partial charge in [0, 0.05) is 6.92 Å². The van der Waals surface area contributed by atoms with Gasteiger partial charge < -0.3 is 4.74 Å². The van der Waals surface area contributed by atoms with Gasteiger partial charge in [-0.2, -0.15) is 0 Å². The Hall–Kier alpha value is -1.79. The molecule has 72 valence electrons. The summed E-state index contributed by atoms with van der Waals surface area (Å²) in [4.78, 5) is 19.9. The number of carbonyl (C=O) groups is 1. The summed E-state index contributed by atoms with van der Waals surface area (Å²) < 4.78 is 4.40. The summed E-state index contributed by atoms with van der Waals surface area (Å²) in [6.45, 7) is 3.65. The lowest BCUT2D eigenvalue weighted by atomic mass is 10.8. The molecule has 0 bridgehead atoms. The van der Waals surface area contributed by atoms with Gasteiger partial charge in [0.05, 0.1) is 6.61 Å². The number of carbonyl (C=O) groups excluding carboxylic acids is 1. The van der Waals surface area contributed by atoms with Crippen LogP contribution in [0.5, 0.6) is 0 Å². The Morgan fingerprint density at radius 3 is 2.54 bits per heavy atom. The van der Waals surface area contributed by atoms with Crippen molar-refractivity contribution in [1.29, 1.82) is 0 Å². The van der Waals surface area contributed by atoms with Crippen LogP contribution in [0.25, 0.3) is 0 Å². The molecule has 0 aliphatic carbocycles. The summed E-state index contributed by atoms with van der Waals surface area (Å²) in [7, 11) is 0. The van der Waals surface area contributed by atoms with Gasteiger partial charge in [0.1, 0.15) is 6.20 Å². The van der Waals surface area contributed by atoms with E-state index in [2.05, 4.69) is 25.4 Å². The van der Waals surface area contributed by atoms with Gasteiger partial charge in [-0.1, -0.05) is 0 Å². The van der Waals surface area contributed by atoms with Crippen molar-refractivity contribution in [1.82, 2.24) is 20.6 Å². The molecule has 1 N–H and O–H groups in total. The van der Waals surface area contributed by atoms with Crippen LogP contribution in [-0.2, 0) is 9.53 Å². The van der Waals surface area contributed by atoms with Crippen LogP contribution in [0, 0.1) is 0 Å². The highest BCUT2D eigenvalue weighted by Gasteiger charge is 1.81. The number of rotatable bonds is 1. The fourth-order valence-corrected chi connectivity index (χ4v) is 0.408. The Balaban J connectivity index is 0.000000226. The summed E-state index contributed by atoms with van der Waals surface area (Å²) in [5.74, 6) is -0.211. The molecule has 0 fully saturated rings. The maximum absolute atomic E-state index is 10.0. The maximum Gasteiger partial charge on any atom is 0.302 e. The quantitative estimate of drug-likeness (QED) is 0.572. The molecule has 7 heteroatoms. The average molecular weight is 186 g/mol. The van der Waals surface area contributed by atoms with Crippen LogP contribution in [0.3, 0.4) is 0 Å². The van der Waals surface area contributed by atoms with Crippen molar-refractivity contribution in [3.05, 3.63) is 16.6 Å². The van der Waals surface area contributed by atoms with E-state index in [-0.39, 0.29) is 11.5 Å². The van der Waals surface area contributed by atoms with Crippen LogP contribution < -0.4 is 5.56 Å². The largest absolute Gasteiger partial charge is 0.466 e. The van der Waals surface area contributed by atoms with Crippen LogP contribution in [0.1, 0.15) is 13.8 Å². The summed E-state index contributed by atoms with van der Waals surface area (Å²) >= 11 is 0. The molecule has 0 saturated heterocycles. The van der Waals surface area contributed by atoms with Gasteiger partial charge in [-0.05, 0) is 17.4 Å². The van der Waals surface area contributed by atoms with Crippen molar-refractivity contribution in [3.8, 4) is 0 Å². The van der Waals surface area contributed by atoms with Crippen LogP contribution in [0.2, 0.25) is 0 Å². The number of ether oxygens (including phenoxy) is 1. The Bertz CT molecular complexity index is 280. The number of aromatic amines is 1. The number of nitrogens with one attached hydrogen (secondary N) is 1. The molecule has 0 aromatic carbocycles. The lowest BCUT2D eigenvalue weighted by Gasteiger charge is -1.89. The van der Waals surface area contributed by atoms with Crippen LogP contribution >= 0.6 is 0 Å². The molecule has 0 aliphatic heterocycles. The van der Waals surface area contributed by atoms with Gasteiger partial charge in [-0.3, -0.25) is 9.59 Å². The van der Waals surface area contributed by atoms with Crippen LogP contribution in [0.15, 0.2) is 11.0 Å². The zero-order valence-electron chi connectivity index (χ0n) is 7.35. The molecule has 7 nitrogen and oxygen atoms in total. The molecule has 0 aliphatic rings. The lowest BCUT2D eigenvalue weighted by molar-refractivity contribution is -0.140. The summed E-state index contributed by atoms with van der Waals surface area (Å²) in [6, 6.07) is 0. The fraction of sp³-hybridized carbons (Fsp3) is 0.500. The van der Waals surface area contributed by atoms with Crippen molar-refractivity contribution in [2.75, 3.05) is 6.61 Å². The van der Waals surface area contributed by atoms with Crippen molar-refractivity contribution in [2.45, 2.75) is 13.8 Å². The third-order valence-electron chi connectivity index (χ3n) is 0.779. The number of nitrogens with zero attached hydrogens (tertiary/aromatic N) is 3. The molecule has 1 heterocycles. The van der Waals surface area contributed by atoms with Crippen molar-refractivity contribution in [3.63, 3.8) is 0 Å². The standard InChI is InChI=1S/C4H8O2.C2H2N4O/c1-3-6-4(2)5;7-2-1-3-5-6-4-2/h3H2,1-2H3;1H,(H,4,5,7). The van der Waals surface area contributed by atoms with Gasteiger partial charge in [0.2, 0.25) is 0 Å². The number of hydrogen-bond donors (Lipinski definition) is 1. The topological polar surface area (TPSA) is 97.8 Å². The Morgan fingerprint density at radius 1 is 1.69 bits per heavy atom. The highest BCUT2D eigenvalue weighted by atomic mass is 16.5. The normalized spacial score (nSPS) is 8.15. The zero-order chi connectivity index (χ0) is 10.1. The summed E-state index contributed by atoms with van der Waals surface area (Å²) in [5.41, 5.74) is -0.338. The predicted molar refractivity (Wildman–Crippen MR) is 42.8 cm³/mol. The average Bonchev–Trinajstić information content (AvgIpc) is 2.06. The zero-order valence-corrected chi connectivity index (χ0v) is 7.35. The van der Waals surface area contributed by atoms with Crippen molar-refractivity contribution in [2.24, 2.45) is 0 Å². The number of aromatic nitrogens is 4. The molecule has 13 heavy (non-hydrogen) atoms. The first-order chi connectivity index (χ1) is 6.16. The van der Waals surface area contributed by atoms with Gasteiger partial charge in [0.25, 0.3) is 5.56 Å². The van der Waals surface area contributed by atoms with Crippen molar-refractivity contribution >= 4 is 5.97 Å².